The van der Waals surface area contributed by atoms with Crippen molar-refractivity contribution in [2.24, 2.45) is 0 Å². The minimum absolute atomic E-state index is 0.182. The van der Waals surface area contributed by atoms with Crippen molar-refractivity contribution < 1.29 is 23.8 Å². The molecule has 0 bridgehead atoms. The summed E-state index contributed by atoms with van der Waals surface area (Å²) in [7, 11) is 0. The number of carbonyl (C=O) groups is 2. The Bertz CT molecular complexity index is 793. The van der Waals surface area contributed by atoms with Gasteiger partial charge in [-0.1, -0.05) is 18.2 Å². The van der Waals surface area contributed by atoms with E-state index in [0.29, 0.717) is 23.6 Å². The summed E-state index contributed by atoms with van der Waals surface area (Å²) in [4.78, 5) is 23.6. The second kappa shape index (κ2) is 8.02. The van der Waals surface area contributed by atoms with Crippen LogP contribution in [0.15, 0.2) is 46.9 Å². The highest BCUT2D eigenvalue weighted by Crippen LogP contribution is 2.32. The topological polar surface area (TPSA) is 73.9 Å². The largest absolute Gasteiger partial charge is 0.456 e. The summed E-state index contributed by atoms with van der Waals surface area (Å²) in [6.07, 6.45) is 0.684. The van der Waals surface area contributed by atoms with Crippen LogP contribution in [0.25, 0.3) is 0 Å². The molecule has 0 saturated carbocycles. The van der Waals surface area contributed by atoms with Gasteiger partial charge in [0.15, 0.2) is 18.1 Å². The molecule has 1 aliphatic heterocycles. The van der Waals surface area contributed by atoms with Gasteiger partial charge < -0.3 is 19.5 Å². The summed E-state index contributed by atoms with van der Waals surface area (Å²) < 4.78 is 16.3. The van der Waals surface area contributed by atoms with E-state index in [2.05, 4.69) is 21.2 Å². The van der Waals surface area contributed by atoms with E-state index in [1.165, 1.54) is 0 Å². The van der Waals surface area contributed by atoms with Crippen LogP contribution in [-0.4, -0.2) is 25.3 Å². The first-order valence-electron chi connectivity index (χ1n) is 7.70. The van der Waals surface area contributed by atoms with Crippen molar-refractivity contribution in [2.75, 3.05) is 18.7 Å². The van der Waals surface area contributed by atoms with E-state index in [1.807, 2.05) is 30.3 Å². The highest BCUT2D eigenvalue weighted by Gasteiger charge is 2.14. The Hall–Kier alpha value is -2.54. The van der Waals surface area contributed by atoms with Crippen molar-refractivity contribution >= 4 is 33.5 Å². The van der Waals surface area contributed by atoms with E-state index in [-0.39, 0.29) is 25.7 Å². The lowest BCUT2D eigenvalue weighted by molar-refractivity contribution is -0.147. The molecular formula is C18H16BrNO5. The SMILES string of the molecule is O=C(COC(=O)CCc1ccc2c(c1)OCO2)Nc1ccccc1Br. The lowest BCUT2D eigenvalue weighted by atomic mass is 10.1. The molecular weight excluding hydrogens is 390 g/mol. The van der Waals surface area contributed by atoms with E-state index in [4.69, 9.17) is 14.2 Å². The van der Waals surface area contributed by atoms with Crippen LogP contribution in [0.2, 0.25) is 0 Å². The molecule has 0 atom stereocenters. The number of aryl methyl sites for hydroxylation is 1. The first-order chi connectivity index (χ1) is 12.1. The summed E-state index contributed by atoms with van der Waals surface area (Å²) in [6.45, 7) is -0.102. The number of amides is 1. The Kier molecular flexibility index (Phi) is 5.55. The van der Waals surface area contributed by atoms with Gasteiger partial charge in [0.05, 0.1) is 5.69 Å². The number of hydrogen-bond acceptors (Lipinski definition) is 5. The maximum atomic E-state index is 11.8. The molecule has 3 rings (SSSR count). The Labute approximate surface area is 153 Å². The van der Waals surface area contributed by atoms with E-state index in [1.54, 1.807) is 12.1 Å². The van der Waals surface area contributed by atoms with Crippen LogP contribution in [0.1, 0.15) is 12.0 Å². The molecule has 0 radical (unpaired) electrons. The monoisotopic (exact) mass is 405 g/mol. The van der Waals surface area contributed by atoms with Crippen LogP contribution < -0.4 is 14.8 Å². The minimum atomic E-state index is -0.431. The minimum Gasteiger partial charge on any atom is -0.456 e. The van der Waals surface area contributed by atoms with Gasteiger partial charge >= 0.3 is 5.97 Å². The molecule has 0 aromatic heterocycles. The molecule has 25 heavy (non-hydrogen) atoms. The van der Waals surface area contributed by atoms with Crippen molar-refractivity contribution in [1.29, 1.82) is 0 Å². The molecule has 130 valence electrons. The Morgan fingerprint density at radius 1 is 1.12 bits per heavy atom. The summed E-state index contributed by atoms with van der Waals surface area (Å²) in [5, 5.41) is 2.67. The summed E-state index contributed by atoms with van der Waals surface area (Å²) in [5.41, 5.74) is 1.57. The van der Waals surface area contributed by atoms with Gasteiger partial charge in [0.25, 0.3) is 5.91 Å². The second-order valence-electron chi connectivity index (χ2n) is 5.38. The molecule has 2 aromatic carbocycles. The molecule has 1 aliphatic rings. The zero-order valence-electron chi connectivity index (χ0n) is 13.3. The zero-order chi connectivity index (χ0) is 17.6. The smallest absolute Gasteiger partial charge is 0.306 e. The average molecular weight is 406 g/mol. The van der Waals surface area contributed by atoms with Gasteiger partial charge in [-0.25, -0.2) is 0 Å². The maximum absolute atomic E-state index is 11.8. The maximum Gasteiger partial charge on any atom is 0.306 e. The molecule has 0 unspecified atom stereocenters. The number of hydrogen-bond donors (Lipinski definition) is 1. The number of anilines is 1. The lowest BCUT2D eigenvalue weighted by Gasteiger charge is -2.08. The van der Waals surface area contributed by atoms with Crippen molar-refractivity contribution in [1.82, 2.24) is 0 Å². The van der Waals surface area contributed by atoms with Gasteiger partial charge in [0, 0.05) is 10.9 Å². The third-order valence-corrected chi connectivity index (χ3v) is 4.26. The van der Waals surface area contributed by atoms with Gasteiger partial charge in [-0.2, -0.15) is 0 Å². The first-order valence-corrected chi connectivity index (χ1v) is 8.49. The number of nitrogens with one attached hydrogen (secondary N) is 1. The standard InChI is InChI=1S/C18H16BrNO5/c19-13-3-1-2-4-14(13)20-17(21)10-23-18(22)8-6-12-5-7-15-16(9-12)25-11-24-15/h1-5,7,9H,6,8,10-11H2,(H,20,21). The normalized spacial score (nSPS) is 11.9. The fourth-order valence-corrected chi connectivity index (χ4v) is 2.69. The summed E-state index contributed by atoms with van der Waals surface area (Å²) >= 11 is 3.34. The number of halogens is 1. The lowest BCUT2D eigenvalue weighted by Crippen LogP contribution is -2.21. The molecule has 2 aromatic rings. The van der Waals surface area contributed by atoms with Crippen molar-refractivity contribution in [2.45, 2.75) is 12.8 Å². The van der Waals surface area contributed by atoms with E-state index in [0.717, 1.165) is 10.0 Å². The molecule has 0 spiro atoms. The molecule has 1 N–H and O–H groups in total. The highest BCUT2D eigenvalue weighted by molar-refractivity contribution is 9.10. The fourth-order valence-electron chi connectivity index (χ4n) is 2.31. The molecule has 0 fully saturated rings. The van der Waals surface area contributed by atoms with Crippen molar-refractivity contribution in [3.63, 3.8) is 0 Å². The Balaban J connectivity index is 1.42. The molecule has 0 saturated heterocycles. The Morgan fingerprint density at radius 3 is 2.76 bits per heavy atom. The van der Waals surface area contributed by atoms with Crippen molar-refractivity contribution in [3.8, 4) is 11.5 Å². The number of ether oxygens (including phenoxy) is 3. The third-order valence-electron chi connectivity index (χ3n) is 3.57. The van der Waals surface area contributed by atoms with E-state index < -0.39 is 5.97 Å². The van der Waals surface area contributed by atoms with Crippen LogP contribution in [0.3, 0.4) is 0 Å². The zero-order valence-corrected chi connectivity index (χ0v) is 14.9. The molecule has 1 heterocycles. The molecule has 1 amide bonds. The van der Waals surface area contributed by atoms with Gasteiger partial charge in [0.1, 0.15) is 0 Å². The number of carbonyl (C=O) groups excluding carboxylic acids is 2. The van der Waals surface area contributed by atoms with Gasteiger partial charge in [-0.3, -0.25) is 9.59 Å². The number of rotatable bonds is 6. The third kappa shape index (κ3) is 4.73. The van der Waals surface area contributed by atoms with E-state index in [9.17, 15) is 9.59 Å². The van der Waals surface area contributed by atoms with Crippen LogP contribution >= 0.6 is 15.9 Å². The number of benzene rings is 2. The number of para-hydroxylation sites is 1. The van der Waals surface area contributed by atoms with Crippen LogP contribution in [0.4, 0.5) is 5.69 Å². The van der Waals surface area contributed by atoms with Gasteiger partial charge in [-0.05, 0) is 52.2 Å². The van der Waals surface area contributed by atoms with Crippen LogP contribution in [0.5, 0.6) is 11.5 Å². The van der Waals surface area contributed by atoms with Gasteiger partial charge in [0.2, 0.25) is 6.79 Å². The van der Waals surface area contributed by atoms with Gasteiger partial charge in [-0.15, -0.1) is 0 Å². The Morgan fingerprint density at radius 2 is 1.92 bits per heavy atom. The second-order valence-corrected chi connectivity index (χ2v) is 6.23. The number of esters is 1. The predicted octanol–water partition coefficient (Wildman–Crippen LogP) is 3.29. The summed E-state index contributed by atoms with van der Waals surface area (Å²) in [5.74, 6) is 0.567. The first kappa shape index (κ1) is 17.3. The van der Waals surface area contributed by atoms with Crippen LogP contribution in [0, 0.1) is 0 Å². The van der Waals surface area contributed by atoms with Crippen molar-refractivity contribution in [3.05, 3.63) is 52.5 Å². The molecule has 6 nitrogen and oxygen atoms in total. The average Bonchev–Trinajstić information content (AvgIpc) is 3.08. The quantitative estimate of drug-likeness (QED) is 0.746. The van der Waals surface area contributed by atoms with Crippen LogP contribution in [-0.2, 0) is 20.7 Å². The molecule has 0 aliphatic carbocycles. The number of fused-ring (bicyclic) bond motifs is 1. The predicted molar refractivity (Wildman–Crippen MR) is 94.6 cm³/mol. The molecule has 7 heteroatoms. The fraction of sp³-hybridized carbons (Fsp3) is 0.222. The highest BCUT2D eigenvalue weighted by atomic mass is 79.9. The summed E-state index contributed by atoms with van der Waals surface area (Å²) in [6, 6.07) is 12.7. The van der Waals surface area contributed by atoms with E-state index >= 15 is 0 Å².